The van der Waals surface area contributed by atoms with Gasteiger partial charge in [-0.2, -0.15) is 0 Å². The van der Waals surface area contributed by atoms with Crippen LogP contribution in [0.3, 0.4) is 0 Å². The third-order valence-electron chi connectivity index (χ3n) is 4.33. The fourth-order valence-electron chi connectivity index (χ4n) is 2.92. The molecule has 130 valence electrons. The summed E-state index contributed by atoms with van der Waals surface area (Å²) in [5.41, 5.74) is 2.66. The van der Waals surface area contributed by atoms with Gasteiger partial charge in [-0.1, -0.05) is 29.8 Å². The summed E-state index contributed by atoms with van der Waals surface area (Å²) in [6.07, 6.45) is 5.75. The van der Waals surface area contributed by atoms with Gasteiger partial charge < -0.3 is 15.2 Å². The molecule has 1 unspecified atom stereocenters. The Morgan fingerprint density at radius 3 is 2.84 bits per heavy atom. The van der Waals surface area contributed by atoms with Crippen LogP contribution in [-0.2, 0) is 4.79 Å². The first-order valence-corrected chi connectivity index (χ1v) is 8.37. The largest absolute Gasteiger partial charge is 0.350 e. The lowest BCUT2D eigenvalue weighted by atomic mass is 10.1. The van der Waals surface area contributed by atoms with Crippen molar-refractivity contribution in [2.75, 3.05) is 18.0 Å². The summed E-state index contributed by atoms with van der Waals surface area (Å²) in [4.78, 5) is 32.9. The van der Waals surface area contributed by atoms with E-state index < -0.39 is 0 Å². The van der Waals surface area contributed by atoms with Crippen molar-refractivity contribution in [1.29, 1.82) is 0 Å². The summed E-state index contributed by atoms with van der Waals surface area (Å²) in [5, 5.41) is 3.04. The Bertz CT molecular complexity index is 839. The molecule has 6 heteroatoms. The van der Waals surface area contributed by atoms with E-state index in [0.717, 1.165) is 12.0 Å². The molecule has 25 heavy (non-hydrogen) atoms. The van der Waals surface area contributed by atoms with Gasteiger partial charge in [0.25, 0.3) is 5.56 Å². The number of H-pyrrole nitrogens is 1. The Labute approximate surface area is 146 Å². The van der Waals surface area contributed by atoms with Crippen LogP contribution in [0.4, 0.5) is 5.82 Å². The van der Waals surface area contributed by atoms with Crippen molar-refractivity contribution in [2.24, 2.45) is 0 Å². The van der Waals surface area contributed by atoms with Gasteiger partial charge in [-0.15, -0.1) is 0 Å². The van der Waals surface area contributed by atoms with Gasteiger partial charge in [0.15, 0.2) is 5.82 Å². The van der Waals surface area contributed by atoms with Crippen LogP contribution in [-0.4, -0.2) is 35.0 Å². The van der Waals surface area contributed by atoms with Crippen LogP contribution in [0.2, 0.25) is 0 Å². The number of aromatic nitrogens is 2. The number of hydrogen-bond acceptors (Lipinski definition) is 4. The van der Waals surface area contributed by atoms with Crippen molar-refractivity contribution >= 4 is 17.8 Å². The number of aromatic amines is 1. The van der Waals surface area contributed by atoms with Gasteiger partial charge in [0.2, 0.25) is 5.91 Å². The molecule has 1 amide bonds. The molecular formula is C19H22N4O2. The molecule has 2 N–H and O–H groups in total. The number of carbonyl (C=O) groups excluding carboxylic acids is 1. The second-order valence-electron chi connectivity index (χ2n) is 6.39. The third-order valence-corrected chi connectivity index (χ3v) is 4.33. The Morgan fingerprint density at radius 1 is 1.36 bits per heavy atom. The maximum Gasteiger partial charge on any atom is 0.290 e. The lowest BCUT2D eigenvalue weighted by Crippen LogP contribution is -2.38. The minimum atomic E-state index is -0.204. The van der Waals surface area contributed by atoms with Gasteiger partial charge in [0.1, 0.15) is 0 Å². The highest BCUT2D eigenvalue weighted by Gasteiger charge is 2.26. The van der Waals surface area contributed by atoms with Crippen LogP contribution >= 0.6 is 0 Å². The smallest absolute Gasteiger partial charge is 0.290 e. The average Bonchev–Trinajstić information content (AvgIpc) is 3.05. The van der Waals surface area contributed by atoms with Crippen molar-refractivity contribution in [3.8, 4) is 0 Å². The molecule has 1 aromatic carbocycles. The van der Waals surface area contributed by atoms with Gasteiger partial charge in [-0.05, 0) is 31.9 Å². The number of carbonyl (C=O) groups is 1. The number of amides is 1. The predicted octanol–water partition coefficient (Wildman–Crippen LogP) is 1.88. The van der Waals surface area contributed by atoms with Crippen molar-refractivity contribution < 1.29 is 4.79 Å². The topological polar surface area (TPSA) is 78.1 Å². The molecule has 0 spiro atoms. The highest BCUT2D eigenvalue weighted by molar-refractivity contribution is 5.97. The molecule has 6 nitrogen and oxygen atoms in total. The fourth-order valence-corrected chi connectivity index (χ4v) is 2.92. The monoisotopic (exact) mass is 338 g/mol. The number of anilines is 1. The van der Waals surface area contributed by atoms with Crippen molar-refractivity contribution in [1.82, 2.24) is 15.3 Å². The normalized spacial score (nSPS) is 17.6. The van der Waals surface area contributed by atoms with Crippen molar-refractivity contribution in [3.05, 3.63) is 63.7 Å². The van der Waals surface area contributed by atoms with Crippen LogP contribution in [0, 0.1) is 6.92 Å². The number of benzene rings is 1. The van der Waals surface area contributed by atoms with Gasteiger partial charge in [-0.3, -0.25) is 9.59 Å². The number of aryl methyl sites for hydroxylation is 1. The molecule has 1 saturated heterocycles. The fraction of sp³-hybridized carbons (Fsp3) is 0.316. The molecule has 0 bridgehead atoms. The molecule has 0 aliphatic carbocycles. The van der Waals surface area contributed by atoms with E-state index in [2.05, 4.69) is 15.3 Å². The van der Waals surface area contributed by atoms with E-state index in [1.54, 1.807) is 6.20 Å². The van der Waals surface area contributed by atoms with E-state index in [-0.39, 0.29) is 17.5 Å². The van der Waals surface area contributed by atoms with Crippen LogP contribution in [0.25, 0.3) is 6.08 Å². The maximum atomic E-state index is 12.4. The Hall–Kier alpha value is -2.89. The predicted molar refractivity (Wildman–Crippen MR) is 98.4 cm³/mol. The first-order chi connectivity index (χ1) is 12.0. The van der Waals surface area contributed by atoms with Crippen LogP contribution in [0.15, 0.2) is 47.0 Å². The molecule has 2 aromatic rings. The molecule has 2 heterocycles. The first-order valence-electron chi connectivity index (χ1n) is 8.37. The molecule has 1 aromatic heterocycles. The minimum Gasteiger partial charge on any atom is -0.350 e. The molecule has 1 aliphatic rings. The van der Waals surface area contributed by atoms with E-state index in [4.69, 9.17) is 0 Å². The van der Waals surface area contributed by atoms with Crippen LogP contribution in [0.1, 0.15) is 24.5 Å². The molecule has 3 rings (SSSR count). The standard InChI is InChI=1S/C19H22N4O2/c1-13-3-5-15(6-4-13)11-14(2)18(24)22-16-7-10-23(12-16)17-19(25)21-9-8-20-17/h3-6,8-9,11,16H,7,10,12H2,1-2H3,(H,21,25)(H,22,24). The zero-order valence-corrected chi connectivity index (χ0v) is 14.5. The molecular weight excluding hydrogens is 316 g/mol. The van der Waals surface area contributed by atoms with Gasteiger partial charge in [-0.25, -0.2) is 4.98 Å². The van der Waals surface area contributed by atoms with E-state index in [9.17, 15) is 9.59 Å². The highest BCUT2D eigenvalue weighted by atomic mass is 16.2. The number of nitrogens with one attached hydrogen (secondary N) is 2. The Morgan fingerprint density at radius 2 is 2.12 bits per heavy atom. The summed E-state index contributed by atoms with van der Waals surface area (Å²) in [6, 6.07) is 8.05. The van der Waals surface area contributed by atoms with E-state index in [1.165, 1.54) is 11.8 Å². The number of hydrogen-bond donors (Lipinski definition) is 2. The van der Waals surface area contributed by atoms with Gasteiger partial charge >= 0.3 is 0 Å². The third kappa shape index (κ3) is 4.15. The van der Waals surface area contributed by atoms with Gasteiger partial charge in [0, 0.05) is 37.1 Å². The molecule has 0 radical (unpaired) electrons. The zero-order valence-electron chi connectivity index (χ0n) is 14.5. The first kappa shape index (κ1) is 17.0. The summed E-state index contributed by atoms with van der Waals surface area (Å²) >= 11 is 0. The van der Waals surface area contributed by atoms with E-state index >= 15 is 0 Å². The average molecular weight is 338 g/mol. The highest BCUT2D eigenvalue weighted by Crippen LogP contribution is 2.15. The lowest BCUT2D eigenvalue weighted by Gasteiger charge is -2.17. The van der Waals surface area contributed by atoms with Crippen molar-refractivity contribution in [3.63, 3.8) is 0 Å². The van der Waals surface area contributed by atoms with E-state index in [0.29, 0.717) is 24.5 Å². The SMILES string of the molecule is CC(=Cc1ccc(C)cc1)C(=O)NC1CCN(c2ncc[nH]c2=O)C1. The molecule has 1 atom stereocenters. The van der Waals surface area contributed by atoms with Crippen LogP contribution in [0.5, 0.6) is 0 Å². The molecule has 0 saturated carbocycles. The van der Waals surface area contributed by atoms with Crippen LogP contribution < -0.4 is 15.8 Å². The quantitative estimate of drug-likeness (QED) is 0.835. The summed E-state index contributed by atoms with van der Waals surface area (Å²) in [5.74, 6) is 0.327. The summed E-state index contributed by atoms with van der Waals surface area (Å²) < 4.78 is 0. The second-order valence-corrected chi connectivity index (χ2v) is 6.39. The number of rotatable bonds is 4. The Kier molecular flexibility index (Phi) is 4.97. The molecule has 1 fully saturated rings. The van der Waals surface area contributed by atoms with Gasteiger partial charge in [0.05, 0.1) is 0 Å². The molecule has 1 aliphatic heterocycles. The maximum absolute atomic E-state index is 12.4. The summed E-state index contributed by atoms with van der Waals surface area (Å²) in [7, 11) is 0. The number of nitrogens with zero attached hydrogens (tertiary/aromatic N) is 2. The second kappa shape index (κ2) is 7.34. The minimum absolute atomic E-state index is 0.00951. The van der Waals surface area contributed by atoms with Crippen molar-refractivity contribution in [2.45, 2.75) is 26.3 Å². The lowest BCUT2D eigenvalue weighted by molar-refractivity contribution is -0.117. The Balaban J connectivity index is 1.61. The zero-order chi connectivity index (χ0) is 17.8. The van der Waals surface area contributed by atoms with E-state index in [1.807, 2.05) is 49.1 Å². The summed E-state index contributed by atoms with van der Waals surface area (Å²) in [6.45, 7) is 5.13.